The van der Waals surface area contributed by atoms with Crippen LogP contribution in [0.4, 0.5) is 0 Å². The topological polar surface area (TPSA) is 43.4 Å². The van der Waals surface area contributed by atoms with Crippen molar-refractivity contribution in [3.63, 3.8) is 0 Å². The minimum absolute atomic E-state index is 0.0353. The molecule has 0 radical (unpaired) electrons. The predicted molar refractivity (Wildman–Crippen MR) is 62.2 cm³/mol. The fourth-order valence-corrected chi connectivity index (χ4v) is 1.23. The first-order valence-corrected chi connectivity index (χ1v) is 5.27. The van der Waals surface area contributed by atoms with E-state index in [1.54, 1.807) is 18.2 Å². The smallest absolute Gasteiger partial charge is 0.159 e. The number of hydrogen-bond donors (Lipinski definition) is 0. The molecule has 1 rings (SSSR count). The Bertz CT molecular complexity index is 394. The number of benzene rings is 1. The second-order valence-corrected chi connectivity index (χ2v) is 4.13. The van der Waals surface area contributed by atoms with Crippen molar-refractivity contribution in [2.75, 3.05) is 6.61 Å². The molecule has 0 heterocycles. The molecule has 0 spiro atoms. The molecule has 3 heteroatoms. The quantitative estimate of drug-likeness (QED) is 0.566. The molecular weight excluding hydrogens is 204 g/mol. The average molecular weight is 220 g/mol. The Labute approximate surface area is 95.4 Å². The van der Waals surface area contributed by atoms with Gasteiger partial charge in [-0.25, -0.2) is 0 Å². The Balaban J connectivity index is 2.97. The molecule has 0 amide bonds. The average Bonchev–Trinajstić information content (AvgIpc) is 2.25. The summed E-state index contributed by atoms with van der Waals surface area (Å²) < 4.78 is 5.50. The van der Waals surface area contributed by atoms with E-state index in [0.29, 0.717) is 29.4 Å². The van der Waals surface area contributed by atoms with Crippen LogP contribution in [-0.2, 0) is 0 Å². The minimum atomic E-state index is -0.0353. The first-order chi connectivity index (χ1) is 7.54. The van der Waals surface area contributed by atoms with E-state index in [4.69, 9.17) is 4.74 Å². The molecule has 0 aliphatic heterocycles. The zero-order valence-corrected chi connectivity index (χ0v) is 9.82. The molecule has 1 aromatic carbocycles. The summed E-state index contributed by atoms with van der Waals surface area (Å²) in [4.78, 5) is 22.0. The summed E-state index contributed by atoms with van der Waals surface area (Å²) in [5.74, 6) is 0.823. The van der Waals surface area contributed by atoms with Crippen LogP contribution in [0, 0.1) is 5.92 Å². The number of aldehydes is 1. The highest BCUT2D eigenvalue weighted by molar-refractivity contribution is 5.95. The van der Waals surface area contributed by atoms with Crippen molar-refractivity contribution < 1.29 is 14.3 Å². The van der Waals surface area contributed by atoms with Crippen molar-refractivity contribution in [2.45, 2.75) is 20.8 Å². The number of carbonyl (C=O) groups excluding carboxylic acids is 2. The van der Waals surface area contributed by atoms with Crippen molar-refractivity contribution >= 4 is 12.1 Å². The largest absolute Gasteiger partial charge is 0.493 e. The fraction of sp³-hybridized carbons (Fsp3) is 0.385. The summed E-state index contributed by atoms with van der Waals surface area (Å²) in [6.45, 7) is 6.06. The molecule has 0 aliphatic carbocycles. The molecule has 0 aromatic heterocycles. The zero-order valence-electron chi connectivity index (χ0n) is 9.82. The molecule has 16 heavy (non-hydrogen) atoms. The van der Waals surface area contributed by atoms with Gasteiger partial charge in [-0.2, -0.15) is 0 Å². The Hall–Kier alpha value is -1.64. The van der Waals surface area contributed by atoms with Crippen LogP contribution < -0.4 is 4.74 Å². The van der Waals surface area contributed by atoms with Crippen LogP contribution in [0.5, 0.6) is 5.75 Å². The summed E-state index contributed by atoms with van der Waals surface area (Å²) >= 11 is 0. The third-order valence-corrected chi connectivity index (χ3v) is 2.12. The lowest BCUT2D eigenvalue weighted by Crippen LogP contribution is -2.07. The van der Waals surface area contributed by atoms with Crippen molar-refractivity contribution in [3.8, 4) is 5.75 Å². The van der Waals surface area contributed by atoms with Gasteiger partial charge in [0.05, 0.1) is 12.2 Å². The lowest BCUT2D eigenvalue weighted by atomic mass is 10.1. The van der Waals surface area contributed by atoms with Crippen LogP contribution in [0.1, 0.15) is 41.5 Å². The van der Waals surface area contributed by atoms with Crippen molar-refractivity contribution in [2.24, 2.45) is 5.92 Å². The van der Waals surface area contributed by atoms with Crippen LogP contribution in [0.15, 0.2) is 18.2 Å². The summed E-state index contributed by atoms with van der Waals surface area (Å²) in [5, 5.41) is 0. The summed E-state index contributed by atoms with van der Waals surface area (Å²) in [5.41, 5.74) is 1.04. The summed E-state index contributed by atoms with van der Waals surface area (Å²) in [7, 11) is 0. The maximum Gasteiger partial charge on any atom is 0.159 e. The van der Waals surface area contributed by atoms with Crippen LogP contribution >= 0.6 is 0 Å². The Kier molecular flexibility index (Phi) is 4.23. The molecule has 0 N–H and O–H groups in total. The number of carbonyl (C=O) groups is 2. The maximum atomic E-state index is 11.2. The summed E-state index contributed by atoms with van der Waals surface area (Å²) in [6, 6.07) is 4.86. The normalized spacial score (nSPS) is 10.2. The van der Waals surface area contributed by atoms with Crippen LogP contribution in [0.3, 0.4) is 0 Å². The molecule has 1 aromatic rings. The van der Waals surface area contributed by atoms with Crippen molar-refractivity contribution in [1.82, 2.24) is 0 Å². The van der Waals surface area contributed by atoms with Crippen molar-refractivity contribution in [1.29, 1.82) is 0 Å². The highest BCUT2D eigenvalue weighted by Crippen LogP contribution is 2.20. The molecule has 3 nitrogen and oxygen atoms in total. The van der Waals surface area contributed by atoms with E-state index < -0.39 is 0 Å². The van der Waals surface area contributed by atoms with Gasteiger partial charge in [-0.1, -0.05) is 19.9 Å². The van der Waals surface area contributed by atoms with Gasteiger partial charge in [-0.15, -0.1) is 0 Å². The van der Waals surface area contributed by atoms with E-state index >= 15 is 0 Å². The molecule has 0 saturated carbocycles. The highest BCUT2D eigenvalue weighted by atomic mass is 16.5. The van der Waals surface area contributed by atoms with Crippen molar-refractivity contribution in [3.05, 3.63) is 29.3 Å². The second-order valence-electron chi connectivity index (χ2n) is 4.13. The molecular formula is C13H16O3. The summed E-state index contributed by atoms with van der Waals surface area (Å²) in [6.07, 6.45) is 0.736. The van der Waals surface area contributed by atoms with Gasteiger partial charge in [0.1, 0.15) is 5.75 Å². The van der Waals surface area contributed by atoms with Crippen LogP contribution in [0.2, 0.25) is 0 Å². The third-order valence-electron chi connectivity index (χ3n) is 2.12. The SMILES string of the molecule is CC(=O)c1ccc(C=O)c(OCC(C)C)c1. The van der Waals surface area contributed by atoms with Gasteiger partial charge < -0.3 is 4.74 Å². The monoisotopic (exact) mass is 220 g/mol. The molecule has 0 bridgehead atoms. The molecule has 86 valence electrons. The van der Waals surface area contributed by atoms with E-state index in [-0.39, 0.29) is 5.78 Å². The Morgan fingerprint density at radius 3 is 2.62 bits per heavy atom. The lowest BCUT2D eigenvalue weighted by molar-refractivity contribution is 0.101. The Morgan fingerprint density at radius 1 is 1.44 bits per heavy atom. The van der Waals surface area contributed by atoms with E-state index in [9.17, 15) is 9.59 Å². The van der Waals surface area contributed by atoms with E-state index in [2.05, 4.69) is 0 Å². The van der Waals surface area contributed by atoms with Gasteiger partial charge in [0.25, 0.3) is 0 Å². The molecule has 0 aliphatic rings. The van der Waals surface area contributed by atoms with Crippen LogP contribution in [0.25, 0.3) is 0 Å². The second kappa shape index (κ2) is 5.45. The number of ether oxygens (including phenoxy) is 1. The van der Waals surface area contributed by atoms with Gasteiger partial charge in [-0.3, -0.25) is 9.59 Å². The molecule has 0 unspecified atom stereocenters. The lowest BCUT2D eigenvalue weighted by Gasteiger charge is -2.11. The number of rotatable bonds is 5. The zero-order chi connectivity index (χ0) is 12.1. The highest BCUT2D eigenvalue weighted by Gasteiger charge is 2.08. The first kappa shape index (κ1) is 12.4. The first-order valence-electron chi connectivity index (χ1n) is 5.27. The van der Waals surface area contributed by atoms with Gasteiger partial charge in [0.2, 0.25) is 0 Å². The Morgan fingerprint density at radius 2 is 2.12 bits per heavy atom. The van der Waals surface area contributed by atoms with Gasteiger partial charge in [-0.05, 0) is 25.0 Å². The molecule has 0 atom stereocenters. The van der Waals surface area contributed by atoms with E-state index in [1.807, 2.05) is 13.8 Å². The molecule has 0 fully saturated rings. The number of Topliss-reactive ketones (excluding diaryl/α,β-unsaturated/α-hetero) is 1. The van der Waals surface area contributed by atoms with Gasteiger partial charge in [0.15, 0.2) is 12.1 Å². The van der Waals surface area contributed by atoms with Crippen LogP contribution in [-0.4, -0.2) is 18.7 Å². The fourth-order valence-electron chi connectivity index (χ4n) is 1.23. The van der Waals surface area contributed by atoms with E-state index in [0.717, 1.165) is 6.29 Å². The predicted octanol–water partition coefficient (Wildman–Crippen LogP) is 2.74. The van der Waals surface area contributed by atoms with E-state index in [1.165, 1.54) is 6.92 Å². The minimum Gasteiger partial charge on any atom is -0.493 e. The number of hydrogen-bond acceptors (Lipinski definition) is 3. The third kappa shape index (κ3) is 3.19. The number of ketones is 1. The standard InChI is InChI=1S/C13H16O3/c1-9(2)8-16-13-6-11(10(3)15)4-5-12(13)7-14/h4-7,9H,8H2,1-3H3. The maximum absolute atomic E-state index is 11.2. The van der Waals surface area contributed by atoms with Gasteiger partial charge in [0, 0.05) is 5.56 Å². The molecule has 0 saturated heterocycles. The van der Waals surface area contributed by atoms with Gasteiger partial charge >= 0.3 is 0 Å².